The number of rotatable bonds is 0. The van der Waals surface area contributed by atoms with E-state index in [9.17, 15) is 4.79 Å². The molecule has 74 valence electrons. The molecule has 0 spiro atoms. The van der Waals surface area contributed by atoms with Gasteiger partial charge in [-0.1, -0.05) is 26.3 Å². The molecule has 0 aliphatic heterocycles. The lowest BCUT2D eigenvalue weighted by molar-refractivity contribution is 0.969. The Hall–Kier alpha value is -2.16. The Kier molecular flexibility index (Phi) is 1.83. The van der Waals surface area contributed by atoms with Crippen molar-refractivity contribution in [2.45, 2.75) is 0 Å². The van der Waals surface area contributed by atoms with E-state index in [0.29, 0.717) is 26.8 Å². The van der Waals surface area contributed by atoms with Gasteiger partial charge >= 0.3 is 0 Å². The van der Waals surface area contributed by atoms with E-state index in [1.807, 2.05) is 0 Å². The van der Waals surface area contributed by atoms with Crippen molar-refractivity contribution in [1.29, 1.82) is 0 Å². The monoisotopic (exact) mass is 198 g/mol. The van der Waals surface area contributed by atoms with Crippen LogP contribution >= 0.6 is 0 Å². The van der Waals surface area contributed by atoms with Gasteiger partial charge in [-0.05, 0) is 17.4 Å². The molecule has 2 aromatic rings. The highest BCUT2D eigenvalue weighted by molar-refractivity contribution is 5.39. The summed E-state index contributed by atoms with van der Waals surface area (Å²) in [7, 11) is 0. The molecule has 0 aliphatic carbocycles. The van der Waals surface area contributed by atoms with Crippen molar-refractivity contribution in [3.8, 4) is 0 Å². The molecule has 3 heteroatoms. The minimum Gasteiger partial charge on any atom is -0.268 e. The fraction of sp³-hybridized carbons (Fsp3) is 0. The van der Waals surface area contributed by atoms with Crippen LogP contribution < -0.4 is 26.7 Å². The van der Waals surface area contributed by atoms with Crippen LogP contribution in [0.4, 0.5) is 0 Å². The summed E-state index contributed by atoms with van der Waals surface area (Å²) in [5, 5.41) is 1.93. The first-order chi connectivity index (χ1) is 7.02. The second kappa shape index (κ2) is 2.92. The number of hydrogen-bond donors (Lipinski definition) is 0. The predicted molar refractivity (Wildman–Crippen MR) is 62.1 cm³/mol. The van der Waals surface area contributed by atoms with E-state index in [1.54, 1.807) is 12.1 Å². The molecule has 0 radical (unpaired) electrons. The second-order valence-electron chi connectivity index (χ2n) is 3.34. The molecular formula is C12H10N2O. The van der Waals surface area contributed by atoms with Crippen molar-refractivity contribution < 1.29 is 0 Å². The first kappa shape index (κ1) is 9.40. The number of aromatic nitrogens is 2. The molecule has 2 rings (SSSR count). The largest absolute Gasteiger partial charge is 0.268 e. The molecule has 15 heavy (non-hydrogen) atoms. The van der Waals surface area contributed by atoms with Gasteiger partial charge in [0.1, 0.15) is 5.65 Å². The van der Waals surface area contributed by atoms with Crippen LogP contribution in [0, 0.1) is 0 Å². The van der Waals surface area contributed by atoms with Crippen LogP contribution in [-0.4, -0.2) is 9.38 Å². The molecule has 0 fully saturated rings. The van der Waals surface area contributed by atoms with E-state index in [-0.39, 0.29) is 5.56 Å². The van der Waals surface area contributed by atoms with Crippen molar-refractivity contribution in [3.05, 3.63) is 43.6 Å². The minimum absolute atomic E-state index is 0.236. The van der Waals surface area contributed by atoms with E-state index in [0.717, 1.165) is 0 Å². The zero-order valence-corrected chi connectivity index (χ0v) is 8.29. The Labute approximate surface area is 85.6 Å². The molecule has 0 aromatic carbocycles. The summed E-state index contributed by atoms with van der Waals surface area (Å²) in [6.45, 7) is 14.9. The molecule has 0 saturated carbocycles. The maximum absolute atomic E-state index is 11.9. The summed E-state index contributed by atoms with van der Waals surface area (Å²) in [5.41, 5.74) is 0.287. The molecule has 0 unspecified atom stereocenters. The number of fused-ring (bicyclic) bond motifs is 1. The number of pyridine rings is 1. The van der Waals surface area contributed by atoms with Gasteiger partial charge in [0.15, 0.2) is 0 Å². The predicted octanol–water partition coefficient (Wildman–Crippen LogP) is -1.66. The maximum atomic E-state index is 11.9. The fourth-order valence-electron chi connectivity index (χ4n) is 1.41. The van der Waals surface area contributed by atoms with Crippen LogP contribution in [0.3, 0.4) is 0 Å². The zero-order valence-electron chi connectivity index (χ0n) is 8.29. The van der Waals surface area contributed by atoms with Crippen LogP contribution in [0.2, 0.25) is 0 Å². The normalized spacial score (nSPS) is 10.7. The van der Waals surface area contributed by atoms with Gasteiger partial charge in [0.25, 0.3) is 5.56 Å². The SMILES string of the molecule is C=c1ccc2nc(=C)c(=C)c(=O)n2c1=C. The Bertz CT molecular complexity index is 803. The summed E-state index contributed by atoms with van der Waals surface area (Å²) < 4.78 is 1.40. The van der Waals surface area contributed by atoms with E-state index < -0.39 is 0 Å². The number of nitrogens with zero attached hydrogens (tertiary/aromatic N) is 2. The standard InChI is InChI=1S/C12H10N2O/c1-7-5-6-11-13-9(3)8(2)12(15)14(11)10(7)4/h5-6H,1-4H2. The van der Waals surface area contributed by atoms with Crippen LogP contribution in [-0.2, 0) is 0 Å². The lowest BCUT2D eigenvalue weighted by Gasteiger charge is -2.00. The van der Waals surface area contributed by atoms with E-state index in [1.165, 1.54) is 4.40 Å². The summed E-state index contributed by atoms with van der Waals surface area (Å²) in [5.74, 6) is 0. The molecular weight excluding hydrogens is 188 g/mol. The van der Waals surface area contributed by atoms with Gasteiger partial charge in [-0.2, -0.15) is 0 Å². The Morgan fingerprint density at radius 3 is 2.47 bits per heavy atom. The summed E-state index contributed by atoms with van der Waals surface area (Å²) >= 11 is 0. The van der Waals surface area contributed by atoms with Gasteiger partial charge in [-0.3, -0.25) is 9.20 Å². The fourth-order valence-corrected chi connectivity index (χ4v) is 1.41. The third-order valence-electron chi connectivity index (χ3n) is 2.36. The van der Waals surface area contributed by atoms with Crippen LogP contribution in [0.5, 0.6) is 0 Å². The van der Waals surface area contributed by atoms with Gasteiger partial charge < -0.3 is 0 Å². The molecule has 2 aromatic heterocycles. The molecule has 0 saturated heterocycles. The average Bonchev–Trinajstić information content (AvgIpc) is 2.20. The molecule has 0 aliphatic rings. The lowest BCUT2D eigenvalue weighted by Crippen LogP contribution is -2.49. The summed E-state index contributed by atoms with van der Waals surface area (Å²) in [6, 6.07) is 3.48. The van der Waals surface area contributed by atoms with Crippen molar-refractivity contribution in [2.75, 3.05) is 0 Å². The molecule has 0 bridgehead atoms. The van der Waals surface area contributed by atoms with Gasteiger partial charge in [0.05, 0.1) is 15.9 Å². The second-order valence-corrected chi connectivity index (χ2v) is 3.34. The first-order valence-electron chi connectivity index (χ1n) is 4.40. The van der Waals surface area contributed by atoms with Crippen LogP contribution in [0.1, 0.15) is 0 Å². The summed E-state index contributed by atoms with van der Waals surface area (Å²) in [6.07, 6.45) is 0. The number of hydrogen-bond acceptors (Lipinski definition) is 2. The highest BCUT2D eigenvalue weighted by Crippen LogP contribution is 1.81. The van der Waals surface area contributed by atoms with Crippen molar-refractivity contribution in [1.82, 2.24) is 9.38 Å². The van der Waals surface area contributed by atoms with Crippen LogP contribution in [0.15, 0.2) is 16.9 Å². The third-order valence-corrected chi connectivity index (χ3v) is 2.36. The molecule has 3 nitrogen and oxygen atoms in total. The van der Waals surface area contributed by atoms with Gasteiger partial charge in [-0.15, -0.1) is 0 Å². The molecule has 0 atom stereocenters. The smallest absolute Gasteiger partial charge is 0.265 e. The van der Waals surface area contributed by atoms with E-state index >= 15 is 0 Å². The van der Waals surface area contributed by atoms with Crippen molar-refractivity contribution >= 4 is 32.0 Å². The molecule has 0 amide bonds. The first-order valence-corrected chi connectivity index (χ1v) is 4.40. The Balaban J connectivity index is 3.39. The zero-order chi connectivity index (χ0) is 11.2. The quantitative estimate of drug-likeness (QED) is 0.507. The minimum atomic E-state index is -0.236. The highest BCUT2D eigenvalue weighted by atomic mass is 16.1. The van der Waals surface area contributed by atoms with Gasteiger partial charge in [0, 0.05) is 0 Å². The van der Waals surface area contributed by atoms with Crippen molar-refractivity contribution in [3.63, 3.8) is 0 Å². The molecule has 2 heterocycles. The van der Waals surface area contributed by atoms with Crippen molar-refractivity contribution in [2.24, 2.45) is 0 Å². The van der Waals surface area contributed by atoms with Crippen LogP contribution in [0.25, 0.3) is 32.0 Å². The summed E-state index contributed by atoms with van der Waals surface area (Å²) in [4.78, 5) is 16.0. The Morgan fingerprint density at radius 1 is 1.13 bits per heavy atom. The highest BCUT2D eigenvalue weighted by Gasteiger charge is 1.99. The average molecular weight is 198 g/mol. The van der Waals surface area contributed by atoms with E-state index in [4.69, 9.17) is 0 Å². The maximum Gasteiger partial charge on any atom is 0.265 e. The van der Waals surface area contributed by atoms with Gasteiger partial charge in [-0.25, -0.2) is 4.98 Å². The topological polar surface area (TPSA) is 34.4 Å². The molecule has 0 N–H and O–H groups in total. The van der Waals surface area contributed by atoms with E-state index in [2.05, 4.69) is 31.3 Å². The third kappa shape index (κ3) is 1.21. The van der Waals surface area contributed by atoms with Gasteiger partial charge in [0.2, 0.25) is 0 Å². The Morgan fingerprint density at radius 2 is 1.80 bits per heavy atom. The lowest BCUT2D eigenvalue weighted by atomic mass is 10.3.